The summed E-state index contributed by atoms with van der Waals surface area (Å²) in [6, 6.07) is 33.3. The Hall–Kier alpha value is -4.29. The Labute approximate surface area is 240 Å². The smallest absolute Gasteiger partial charge is 0.261 e. The molecular weight excluding hydrogens is 524 g/mol. The second kappa shape index (κ2) is 14.8. The van der Waals surface area contributed by atoms with Crippen LogP contribution in [-0.4, -0.2) is 43.0 Å². The van der Waals surface area contributed by atoms with E-state index in [4.69, 9.17) is 21.1 Å². The van der Waals surface area contributed by atoms with E-state index in [9.17, 15) is 9.59 Å². The van der Waals surface area contributed by atoms with Crippen molar-refractivity contribution in [3.63, 3.8) is 0 Å². The fourth-order valence-corrected chi connectivity index (χ4v) is 4.55. The van der Waals surface area contributed by atoms with Gasteiger partial charge in [0.25, 0.3) is 5.91 Å². The van der Waals surface area contributed by atoms with E-state index in [1.807, 2.05) is 84.9 Å². The first-order chi connectivity index (χ1) is 19.5. The molecule has 0 spiro atoms. The molecule has 0 aliphatic carbocycles. The van der Waals surface area contributed by atoms with Crippen molar-refractivity contribution >= 4 is 23.4 Å². The van der Waals surface area contributed by atoms with Gasteiger partial charge in [0.2, 0.25) is 5.91 Å². The van der Waals surface area contributed by atoms with E-state index < -0.39 is 6.04 Å². The number of ether oxygens (including phenoxy) is 2. The number of nitrogens with zero attached hydrogens (tertiary/aromatic N) is 1. The average Bonchev–Trinajstić information content (AvgIpc) is 2.99. The summed E-state index contributed by atoms with van der Waals surface area (Å²) in [6.07, 6.45) is 1.01. The normalized spacial score (nSPS) is 11.3. The van der Waals surface area contributed by atoms with Crippen molar-refractivity contribution < 1.29 is 19.1 Å². The van der Waals surface area contributed by atoms with Crippen LogP contribution in [0.2, 0.25) is 5.02 Å². The molecule has 4 rings (SSSR count). The maximum Gasteiger partial charge on any atom is 0.261 e. The summed E-state index contributed by atoms with van der Waals surface area (Å²) < 4.78 is 11.0. The Morgan fingerprint density at radius 2 is 1.43 bits per heavy atom. The number of hydrogen-bond acceptors (Lipinski definition) is 4. The first kappa shape index (κ1) is 28.7. The molecule has 0 aliphatic heterocycles. The van der Waals surface area contributed by atoms with Gasteiger partial charge in [-0.15, -0.1) is 0 Å². The van der Waals surface area contributed by atoms with Crippen LogP contribution >= 0.6 is 11.6 Å². The minimum Gasteiger partial charge on any atom is -0.497 e. The van der Waals surface area contributed by atoms with E-state index in [-0.39, 0.29) is 25.0 Å². The number of carbonyl (C=O) groups excluding carboxylic acids is 2. The fraction of sp³-hybridized carbons (Fsp3) is 0.212. The zero-order valence-electron chi connectivity index (χ0n) is 22.5. The van der Waals surface area contributed by atoms with E-state index in [1.165, 1.54) is 0 Å². The molecule has 2 amide bonds. The topological polar surface area (TPSA) is 67.9 Å². The molecular formula is C33H33ClN2O4. The highest BCUT2D eigenvalue weighted by Gasteiger charge is 2.30. The van der Waals surface area contributed by atoms with E-state index in [0.29, 0.717) is 30.2 Å². The fourth-order valence-electron chi connectivity index (χ4n) is 4.36. The summed E-state index contributed by atoms with van der Waals surface area (Å²) >= 11 is 6.24. The van der Waals surface area contributed by atoms with Gasteiger partial charge in [0.15, 0.2) is 6.61 Å². The standard InChI is InChI=1S/C33H33ClN2O4/c1-39-28-18-16-25(17-19-28)20-21-35-33(38)30(22-26-10-4-2-5-11-26)36(23-27-12-6-3-7-13-27)32(37)24-40-31-15-9-8-14-29(31)34/h2-19,30H,20-24H2,1H3,(H,35,38). The lowest BCUT2D eigenvalue weighted by molar-refractivity contribution is -0.142. The average molecular weight is 557 g/mol. The van der Waals surface area contributed by atoms with Crippen LogP contribution in [0.4, 0.5) is 0 Å². The summed E-state index contributed by atoms with van der Waals surface area (Å²) in [5.74, 6) is 0.667. The molecule has 0 aromatic heterocycles. The maximum absolute atomic E-state index is 13.7. The highest BCUT2D eigenvalue weighted by molar-refractivity contribution is 6.32. The number of para-hydroxylation sites is 1. The van der Waals surface area contributed by atoms with Crippen molar-refractivity contribution in [2.45, 2.75) is 25.4 Å². The van der Waals surface area contributed by atoms with Crippen molar-refractivity contribution in [1.29, 1.82) is 0 Å². The predicted molar refractivity (Wildman–Crippen MR) is 158 cm³/mol. The highest BCUT2D eigenvalue weighted by Crippen LogP contribution is 2.23. The molecule has 1 atom stereocenters. The third kappa shape index (κ3) is 8.35. The van der Waals surface area contributed by atoms with Crippen LogP contribution in [0, 0.1) is 0 Å². The maximum atomic E-state index is 13.7. The molecule has 0 heterocycles. The number of carbonyl (C=O) groups is 2. The zero-order chi connectivity index (χ0) is 28.2. The molecule has 7 heteroatoms. The molecule has 0 aliphatic rings. The number of rotatable bonds is 13. The Morgan fingerprint density at radius 1 is 0.800 bits per heavy atom. The predicted octanol–water partition coefficient (Wildman–Crippen LogP) is 5.73. The second-order valence-corrected chi connectivity index (χ2v) is 9.73. The first-order valence-corrected chi connectivity index (χ1v) is 13.6. The molecule has 4 aromatic rings. The van der Waals surface area contributed by atoms with Crippen molar-refractivity contribution in [1.82, 2.24) is 10.2 Å². The van der Waals surface area contributed by atoms with Gasteiger partial charge in [-0.3, -0.25) is 9.59 Å². The molecule has 1 N–H and O–H groups in total. The molecule has 0 fully saturated rings. The number of halogens is 1. The van der Waals surface area contributed by atoms with Gasteiger partial charge in [-0.2, -0.15) is 0 Å². The van der Waals surface area contributed by atoms with Gasteiger partial charge in [-0.05, 0) is 47.4 Å². The third-order valence-corrected chi connectivity index (χ3v) is 6.84. The summed E-state index contributed by atoms with van der Waals surface area (Å²) in [6.45, 7) is 0.440. The lowest BCUT2D eigenvalue weighted by atomic mass is 10.0. The molecule has 0 saturated heterocycles. The van der Waals surface area contributed by atoms with Gasteiger partial charge in [0.1, 0.15) is 17.5 Å². The van der Waals surface area contributed by atoms with Crippen molar-refractivity contribution in [2.24, 2.45) is 0 Å². The van der Waals surface area contributed by atoms with Crippen LogP contribution in [0.25, 0.3) is 0 Å². The number of hydrogen-bond donors (Lipinski definition) is 1. The molecule has 0 saturated carbocycles. The molecule has 6 nitrogen and oxygen atoms in total. The third-order valence-electron chi connectivity index (χ3n) is 6.53. The lowest BCUT2D eigenvalue weighted by Gasteiger charge is -2.31. The second-order valence-electron chi connectivity index (χ2n) is 9.32. The lowest BCUT2D eigenvalue weighted by Crippen LogP contribution is -2.52. The number of methoxy groups -OCH3 is 1. The zero-order valence-corrected chi connectivity index (χ0v) is 23.2. The van der Waals surface area contributed by atoms with Crippen molar-refractivity contribution in [3.05, 3.63) is 131 Å². The van der Waals surface area contributed by atoms with Gasteiger partial charge in [-0.25, -0.2) is 0 Å². The van der Waals surface area contributed by atoms with Gasteiger partial charge >= 0.3 is 0 Å². The minimum absolute atomic E-state index is 0.223. The van der Waals surface area contributed by atoms with Crippen LogP contribution in [0.3, 0.4) is 0 Å². The molecule has 4 aromatic carbocycles. The number of nitrogens with one attached hydrogen (secondary N) is 1. The number of amides is 2. The summed E-state index contributed by atoms with van der Waals surface area (Å²) in [5, 5.41) is 3.48. The Morgan fingerprint density at radius 3 is 2.08 bits per heavy atom. The quantitative estimate of drug-likeness (QED) is 0.228. The minimum atomic E-state index is -0.749. The summed E-state index contributed by atoms with van der Waals surface area (Å²) in [4.78, 5) is 29.0. The summed E-state index contributed by atoms with van der Waals surface area (Å²) in [7, 11) is 1.63. The van der Waals surface area contributed by atoms with Gasteiger partial charge in [0, 0.05) is 19.5 Å². The Balaban J connectivity index is 1.54. The van der Waals surface area contributed by atoms with Crippen LogP contribution < -0.4 is 14.8 Å². The van der Waals surface area contributed by atoms with E-state index in [1.54, 1.807) is 36.3 Å². The van der Waals surface area contributed by atoms with Gasteiger partial charge < -0.3 is 19.7 Å². The van der Waals surface area contributed by atoms with Crippen LogP contribution in [-0.2, 0) is 29.0 Å². The van der Waals surface area contributed by atoms with Crippen LogP contribution in [0.15, 0.2) is 109 Å². The monoisotopic (exact) mass is 556 g/mol. The van der Waals surface area contributed by atoms with E-state index in [0.717, 1.165) is 22.4 Å². The molecule has 1 unspecified atom stereocenters. The van der Waals surface area contributed by atoms with Gasteiger partial charge in [-0.1, -0.05) is 96.5 Å². The first-order valence-electron chi connectivity index (χ1n) is 13.2. The van der Waals surface area contributed by atoms with Crippen molar-refractivity contribution in [3.8, 4) is 11.5 Å². The highest BCUT2D eigenvalue weighted by atomic mass is 35.5. The molecule has 0 bridgehead atoms. The van der Waals surface area contributed by atoms with Gasteiger partial charge in [0.05, 0.1) is 12.1 Å². The largest absolute Gasteiger partial charge is 0.497 e. The summed E-state index contributed by atoms with van der Waals surface area (Å²) in [5.41, 5.74) is 2.94. The molecule has 40 heavy (non-hydrogen) atoms. The Kier molecular flexibility index (Phi) is 10.6. The van der Waals surface area contributed by atoms with E-state index >= 15 is 0 Å². The van der Waals surface area contributed by atoms with E-state index in [2.05, 4.69) is 5.32 Å². The van der Waals surface area contributed by atoms with Crippen molar-refractivity contribution in [2.75, 3.05) is 20.3 Å². The SMILES string of the molecule is COc1ccc(CCNC(=O)C(Cc2ccccc2)N(Cc2ccccc2)C(=O)COc2ccccc2Cl)cc1. The van der Waals surface area contributed by atoms with Crippen LogP contribution in [0.5, 0.6) is 11.5 Å². The van der Waals surface area contributed by atoms with Crippen LogP contribution in [0.1, 0.15) is 16.7 Å². The molecule has 206 valence electrons. The number of benzene rings is 4. The molecule has 0 radical (unpaired) electrons. The Bertz CT molecular complexity index is 1360.